The number of ether oxygens (including phenoxy) is 1. The van der Waals surface area contributed by atoms with Crippen molar-refractivity contribution in [2.24, 2.45) is 5.92 Å². The van der Waals surface area contributed by atoms with Crippen LogP contribution in [-0.2, 0) is 0 Å². The van der Waals surface area contributed by atoms with Gasteiger partial charge in [-0.2, -0.15) is 0 Å². The molecule has 1 fully saturated rings. The molecule has 2 atom stereocenters. The zero-order valence-electron chi connectivity index (χ0n) is 16.0. The second-order valence-electron chi connectivity index (χ2n) is 7.37. The number of aromatic nitrogens is 2. The van der Waals surface area contributed by atoms with Gasteiger partial charge in [0.25, 0.3) is 5.91 Å². The first kappa shape index (κ1) is 18.0. The number of hydrogen-bond donors (Lipinski definition) is 1. The van der Waals surface area contributed by atoms with Crippen LogP contribution in [0.5, 0.6) is 5.75 Å². The number of thiazole rings is 1. The number of imidazole rings is 1. The summed E-state index contributed by atoms with van der Waals surface area (Å²) < 4.78 is 7.23. The first-order chi connectivity index (χ1) is 13.1. The average molecular weight is 384 g/mol. The lowest BCUT2D eigenvalue weighted by Gasteiger charge is -2.29. The van der Waals surface area contributed by atoms with Crippen molar-refractivity contribution in [3.05, 3.63) is 41.0 Å². The van der Waals surface area contributed by atoms with Gasteiger partial charge < -0.3 is 10.1 Å². The van der Waals surface area contributed by atoms with Crippen LogP contribution in [0.3, 0.4) is 0 Å². The van der Waals surface area contributed by atoms with Crippen molar-refractivity contribution in [1.29, 1.82) is 0 Å². The molecule has 4 rings (SSSR count). The third-order valence-corrected chi connectivity index (χ3v) is 6.73. The van der Waals surface area contributed by atoms with E-state index in [2.05, 4.69) is 12.2 Å². The maximum absolute atomic E-state index is 12.8. The maximum atomic E-state index is 12.8. The zero-order chi connectivity index (χ0) is 19.0. The summed E-state index contributed by atoms with van der Waals surface area (Å²) in [6.07, 6.45) is 6.75. The molecule has 0 aliphatic heterocycles. The quantitative estimate of drug-likeness (QED) is 0.711. The van der Waals surface area contributed by atoms with Gasteiger partial charge in [0.05, 0.1) is 12.8 Å². The Bertz CT molecular complexity index is 958. The number of rotatable bonds is 4. The molecule has 1 saturated carbocycles. The molecule has 2 unspecified atom stereocenters. The van der Waals surface area contributed by atoms with Gasteiger partial charge in [0, 0.05) is 23.5 Å². The minimum atomic E-state index is 0.0350. The monoisotopic (exact) mass is 383 g/mol. The van der Waals surface area contributed by atoms with Gasteiger partial charge in [-0.3, -0.25) is 9.20 Å². The Morgan fingerprint density at radius 1 is 1.26 bits per heavy atom. The van der Waals surface area contributed by atoms with Crippen LogP contribution in [0.2, 0.25) is 0 Å². The van der Waals surface area contributed by atoms with Gasteiger partial charge in [-0.15, -0.1) is 0 Å². The Hall–Kier alpha value is -2.34. The van der Waals surface area contributed by atoms with Gasteiger partial charge >= 0.3 is 0 Å². The van der Waals surface area contributed by atoms with E-state index in [1.165, 1.54) is 30.6 Å². The number of carbonyl (C=O) groups is 1. The molecule has 6 heteroatoms. The van der Waals surface area contributed by atoms with Crippen molar-refractivity contribution in [2.75, 3.05) is 7.11 Å². The highest BCUT2D eigenvalue weighted by Gasteiger charge is 2.25. The fourth-order valence-corrected chi connectivity index (χ4v) is 4.84. The van der Waals surface area contributed by atoms with Crippen molar-refractivity contribution >= 4 is 22.2 Å². The lowest BCUT2D eigenvalue weighted by molar-refractivity contribution is 0.0913. The van der Waals surface area contributed by atoms with Crippen LogP contribution >= 0.6 is 11.3 Å². The highest BCUT2D eigenvalue weighted by molar-refractivity contribution is 7.19. The van der Waals surface area contributed by atoms with Crippen LogP contribution in [0.25, 0.3) is 16.2 Å². The lowest BCUT2D eigenvalue weighted by Crippen LogP contribution is -2.41. The van der Waals surface area contributed by atoms with Gasteiger partial charge in [0.2, 0.25) is 0 Å². The number of nitrogens with zero attached hydrogens (tertiary/aromatic N) is 2. The van der Waals surface area contributed by atoms with Gasteiger partial charge in [-0.05, 0) is 49.9 Å². The van der Waals surface area contributed by atoms with Crippen molar-refractivity contribution in [3.8, 4) is 17.0 Å². The second kappa shape index (κ2) is 7.35. The minimum absolute atomic E-state index is 0.0350. The van der Waals surface area contributed by atoms with E-state index in [9.17, 15) is 4.79 Å². The highest BCUT2D eigenvalue weighted by atomic mass is 32.1. The van der Waals surface area contributed by atoms with E-state index < -0.39 is 0 Å². The van der Waals surface area contributed by atoms with Crippen molar-refractivity contribution in [1.82, 2.24) is 14.7 Å². The minimum Gasteiger partial charge on any atom is -0.497 e. The summed E-state index contributed by atoms with van der Waals surface area (Å²) in [4.78, 5) is 19.1. The molecule has 5 nitrogen and oxygen atoms in total. The molecule has 142 valence electrons. The van der Waals surface area contributed by atoms with Crippen LogP contribution in [0.15, 0.2) is 30.5 Å². The van der Waals surface area contributed by atoms with E-state index in [4.69, 9.17) is 9.72 Å². The number of fused-ring (bicyclic) bond motifs is 1. The Morgan fingerprint density at radius 2 is 2.00 bits per heavy atom. The van der Waals surface area contributed by atoms with Crippen molar-refractivity contribution in [2.45, 2.75) is 45.6 Å². The summed E-state index contributed by atoms with van der Waals surface area (Å²) in [6, 6.07) is 8.15. The van der Waals surface area contributed by atoms with E-state index in [0.29, 0.717) is 5.92 Å². The summed E-state index contributed by atoms with van der Waals surface area (Å²) in [7, 11) is 1.66. The van der Waals surface area contributed by atoms with Crippen LogP contribution < -0.4 is 10.1 Å². The molecule has 0 bridgehead atoms. The van der Waals surface area contributed by atoms with Gasteiger partial charge in [0.15, 0.2) is 4.96 Å². The smallest absolute Gasteiger partial charge is 0.263 e. The molecule has 1 amide bonds. The molecule has 1 N–H and O–H groups in total. The number of aryl methyl sites for hydroxylation is 1. The second-order valence-corrected chi connectivity index (χ2v) is 8.34. The summed E-state index contributed by atoms with van der Waals surface area (Å²) in [5.41, 5.74) is 2.89. The molecule has 27 heavy (non-hydrogen) atoms. The standard InChI is InChI=1S/C21H25N3O2S/c1-13-6-4-5-7-17(13)22-20(25)19-14(2)24-12-18(23-21(24)27-19)15-8-10-16(26-3)11-9-15/h8-13,17H,4-7H2,1-3H3,(H,22,25). The molecule has 2 heterocycles. The fraction of sp³-hybridized carbons (Fsp3) is 0.429. The normalized spacial score (nSPS) is 20.0. The first-order valence-electron chi connectivity index (χ1n) is 9.50. The number of benzene rings is 1. The van der Waals surface area contributed by atoms with Crippen molar-refractivity contribution < 1.29 is 9.53 Å². The topological polar surface area (TPSA) is 55.6 Å². The predicted molar refractivity (Wildman–Crippen MR) is 109 cm³/mol. The Morgan fingerprint density at radius 3 is 2.67 bits per heavy atom. The van der Waals surface area contributed by atoms with Gasteiger partial charge in [0.1, 0.15) is 10.6 Å². The number of nitrogens with one attached hydrogen (secondary N) is 1. The largest absolute Gasteiger partial charge is 0.497 e. The van der Waals surface area contributed by atoms with Crippen LogP contribution in [0.1, 0.15) is 48.0 Å². The fourth-order valence-electron chi connectivity index (χ4n) is 3.83. The molecule has 2 aromatic heterocycles. The van der Waals surface area contributed by atoms with E-state index in [1.54, 1.807) is 7.11 Å². The Labute approximate surface area is 163 Å². The zero-order valence-corrected chi connectivity index (χ0v) is 16.8. The van der Waals surface area contributed by atoms with E-state index >= 15 is 0 Å². The molecule has 0 radical (unpaired) electrons. The number of hydrogen-bond acceptors (Lipinski definition) is 4. The lowest BCUT2D eigenvalue weighted by atomic mass is 9.86. The molecule has 1 aliphatic carbocycles. The Balaban J connectivity index is 1.57. The van der Waals surface area contributed by atoms with E-state index in [-0.39, 0.29) is 11.9 Å². The third-order valence-electron chi connectivity index (χ3n) is 5.58. The summed E-state index contributed by atoms with van der Waals surface area (Å²) >= 11 is 1.46. The average Bonchev–Trinajstić information content (AvgIpc) is 3.23. The van der Waals surface area contributed by atoms with E-state index in [1.807, 2.05) is 41.8 Å². The molecular formula is C21H25N3O2S. The number of carbonyl (C=O) groups excluding carboxylic acids is 1. The molecule has 0 spiro atoms. The van der Waals surface area contributed by atoms with Crippen LogP contribution in [0.4, 0.5) is 0 Å². The number of amides is 1. The van der Waals surface area contributed by atoms with Crippen LogP contribution in [-0.4, -0.2) is 28.4 Å². The highest BCUT2D eigenvalue weighted by Crippen LogP contribution is 2.29. The maximum Gasteiger partial charge on any atom is 0.263 e. The summed E-state index contributed by atoms with van der Waals surface area (Å²) in [5, 5.41) is 3.25. The predicted octanol–water partition coefficient (Wildman–Crippen LogP) is 4.69. The molecule has 1 aliphatic rings. The van der Waals surface area contributed by atoms with Crippen molar-refractivity contribution in [3.63, 3.8) is 0 Å². The van der Waals surface area contributed by atoms with Gasteiger partial charge in [-0.1, -0.05) is 31.1 Å². The first-order valence-corrected chi connectivity index (χ1v) is 10.3. The van der Waals surface area contributed by atoms with Crippen LogP contribution in [0, 0.1) is 12.8 Å². The SMILES string of the molecule is COc1ccc(-c2cn3c(C)c(C(=O)NC4CCCCC4C)sc3n2)cc1. The summed E-state index contributed by atoms with van der Waals surface area (Å²) in [6.45, 7) is 4.22. The number of methoxy groups -OCH3 is 1. The third kappa shape index (κ3) is 3.46. The Kier molecular flexibility index (Phi) is 4.91. The molecule has 3 aromatic rings. The molecule has 1 aromatic carbocycles. The molecular weight excluding hydrogens is 358 g/mol. The van der Waals surface area contributed by atoms with Gasteiger partial charge in [-0.25, -0.2) is 4.98 Å². The summed E-state index contributed by atoms with van der Waals surface area (Å²) in [5.74, 6) is 1.41. The molecule has 0 saturated heterocycles. The van der Waals surface area contributed by atoms with E-state index in [0.717, 1.165) is 39.0 Å².